The second-order valence-electron chi connectivity index (χ2n) is 2.54. The largest absolute Gasteiger partial charge is 0.358 e. The van der Waals surface area contributed by atoms with Gasteiger partial charge < -0.3 is 7.43 Å². The van der Waals surface area contributed by atoms with E-state index in [4.69, 9.17) is 1.37 Å². The molecule has 10 heavy (non-hydrogen) atoms. The van der Waals surface area contributed by atoms with Gasteiger partial charge in [0, 0.05) is 34.1 Å². The summed E-state index contributed by atoms with van der Waals surface area (Å²) in [4.78, 5) is 0. The minimum absolute atomic E-state index is 0. The molecule has 0 nitrogen and oxygen atoms in total. The predicted octanol–water partition coefficient (Wildman–Crippen LogP) is 3.67. The Hall–Kier alpha value is 1.10. The van der Waals surface area contributed by atoms with Gasteiger partial charge in [0.1, 0.15) is 0 Å². The molecule has 0 spiro atoms. The average Bonchev–Trinajstić information content (AvgIpc) is 1.63. The van der Waals surface area contributed by atoms with Gasteiger partial charge in [0.25, 0.3) is 0 Å². The van der Waals surface area contributed by atoms with E-state index >= 15 is 0 Å². The first-order chi connectivity index (χ1) is 4.16. The monoisotopic (exact) mass is 220 g/mol. The molecule has 0 aliphatic heterocycles. The molecule has 0 fully saturated rings. The van der Waals surface area contributed by atoms with Gasteiger partial charge in [-0.2, -0.15) is 0 Å². The fraction of sp³-hybridized carbons (Fsp3) is 0.889. The fourth-order valence-corrected chi connectivity index (χ4v) is 1.01. The molecular formula is C9H21Y-. The van der Waals surface area contributed by atoms with Crippen molar-refractivity contribution in [3.8, 4) is 0 Å². The molecule has 0 bridgehead atoms. The summed E-state index contributed by atoms with van der Waals surface area (Å²) in [6.45, 7) is 6.39. The molecule has 0 saturated heterocycles. The van der Waals surface area contributed by atoms with Crippen molar-refractivity contribution in [2.24, 2.45) is 5.92 Å². The molecule has 1 heteroatoms. The third kappa shape index (κ3) is 11.8. The molecule has 0 aromatic carbocycles. The van der Waals surface area contributed by atoms with Gasteiger partial charge in [-0.15, -0.1) is 0 Å². The Morgan fingerprint density at radius 3 is 2.10 bits per heavy atom. The maximum Gasteiger partial charge on any atom is 0.0264 e. The number of hydrogen-bond acceptors (Lipinski definition) is 0. The summed E-state index contributed by atoms with van der Waals surface area (Å²) in [5.74, 6) is 0.752. The van der Waals surface area contributed by atoms with Crippen molar-refractivity contribution in [3.05, 3.63) is 7.43 Å². The van der Waals surface area contributed by atoms with E-state index in [1.807, 2.05) is 6.92 Å². The van der Waals surface area contributed by atoms with E-state index in [0.717, 1.165) is 12.3 Å². The van der Waals surface area contributed by atoms with Crippen LogP contribution in [0.5, 0.6) is 0 Å². The fourth-order valence-electron chi connectivity index (χ4n) is 1.01. The van der Waals surface area contributed by atoms with E-state index in [2.05, 4.69) is 13.8 Å². The summed E-state index contributed by atoms with van der Waals surface area (Å²) < 4.78 is 7.29. The molecule has 0 heterocycles. The van der Waals surface area contributed by atoms with Crippen LogP contribution in [0.15, 0.2) is 0 Å². The van der Waals surface area contributed by atoms with Crippen molar-refractivity contribution in [1.29, 1.82) is 0 Å². The predicted molar refractivity (Wildman–Crippen MR) is 45.4 cm³/mol. The Balaban J connectivity index is -0.000000320. The Labute approximate surface area is 93.5 Å². The molecule has 0 saturated carbocycles. The van der Waals surface area contributed by atoms with E-state index in [0.29, 0.717) is 0 Å². The second kappa shape index (κ2) is 12.8. The summed E-state index contributed by atoms with van der Waals surface area (Å²) in [5.41, 5.74) is 0. The molecule has 2 atom stereocenters. The minimum Gasteiger partial charge on any atom is -0.358 e. The molecule has 0 amide bonds. The summed E-state index contributed by atoms with van der Waals surface area (Å²) in [7, 11) is 0. The van der Waals surface area contributed by atoms with Crippen LogP contribution in [0, 0.1) is 13.3 Å². The second-order valence-corrected chi connectivity index (χ2v) is 2.54. The van der Waals surface area contributed by atoms with Crippen LogP contribution in [0.1, 0.15) is 47.8 Å². The number of rotatable bonds is 4. The third-order valence-corrected chi connectivity index (χ3v) is 1.42. The Morgan fingerprint density at radius 2 is 1.80 bits per heavy atom. The van der Waals surface area contributed by atoms with E-state index in [-0.39, 0.29) is 46.5 Å². The van der Waals surface area contributed by atoms with Crippen LogP contribution in [0.25, 0.3) is 0 Å². The Kier molecular flexibility index (Phi) is 17.4. The van der Waals surface area contributed by atoms with E-state index in [1.165, 1.54) is 12.8 Å². The molecule has 0 aromatic rings. The molecular weight excluding hydrogens is 197 g/mol. The van der Waals surface area contributed by atoms with Crippen LogP contribution in [0.3, 0.4) is 0 Å². The molecule has 1 radical (unpaired) electrons. The van der Waals surface area contributed by atoms with Crippen molar-refractivity contribution >= 4 is 0 Å². The first-order valence-corrected chi connectivity index (χ1v) is 3.59. The summed E-state index contributed by atoms with van der Waals surface area (Å²) in [6, 6.07) is 0. The summed E-state index contributed by atoms with van der Waals surface area (Å²) in [6.07, 6.45) is 3.73. The van der Waals surface area contributed by atoms with Crippen molar-refractivity contribution in [1.82, 2.24) is 0 Å². The summed E-state index contributed by atoms with van der Waals surface area (Å²) >= 11 is 0. The van der Waals surface area contributed by atoms with Gasteiger partial charge in [0.15, 0.2) is 0 Å². The Bertz CT molecular complexity index is 64.6. The summed E-state index contributed by atoms with van der Waals surface area (Å²) in [5, 5.41) is 0. The zero-order chi connectivity index (χ0) is 7.28. The first kappa shape index (κ1) is 13.7. The van der Waals surface area contributed by atoms with E-state index in [1.54, 1.807) is 0 Å². The van der Waals surface area contributed by atoms with Crippen LogP contribution in [-0.2, 0) is 32.7 Å². The smallest absolute Gasteiger partial charge is 0.0264 e. The molecule has 61 valence electrons. The van der Waals surface area contributed by atoms with Gasteiger partial charge >= 0.3 is 0 Å². The van der Waals surface area contributed by atoms with Crippen molar-refractivity contribution in [3.63, 3.8) is 0 Å². The quantitative estimate of drug-likeness (QED) is 0.634. The van der Waals surface area contributed by atoms with Gasteiger partial charge in [0.05, 0.1) is 0 Å². The SMILES string of the molecule is [3H]C(C)CC(C)CCC.[CH3-].[Y]. The zero-order valence-electron chi connectivity index (χ0n) is 8.85. The van der Waals surface area contributed by atoms with Crippen molar-refractivity contribution < 1.29 is 34.1 Å². The molecule has 0 N–H and O–H groups in total. The van der Waals surface area contributed by atoms with Gasteiger partial charge in [-0.3, -0.25) is 0 Å². The maximum atomic E-state index is 7.29. The topological polar surface area (TPSA) is 0 Å². The van der Waals surface area contributed by atoms with Gasteiger partial charge in [0.2, 0.25) is 0 Å². The van der Waals surface area contributed by atoms with Crippen molar-refractivity contribution in [2.45, 2.75) is 46.4 Å². The van der Waals surface area contributed by atoms with Gasteiger partial charge in [-0.1, -0.05) is 46.4 Å². The van der Waals surface area contributed by atoms with Crippen LogP contribution in [-0.4, -0.2) is 0 Å². The van der Waals surface area contributed by atoms with Gasteiger partial charge in [-0.05, 0) is 5.92 Å². The van der Waals surface area contributed by atoms with Crippen LogP contribution in [0.4, 0.5) is 0 Å². The number of hydrogen-bond donors (Lipinski definition) is 0. The standard InChI is InChI=1S/C8H18.CH3.Y/c1-4-6-8(3)7-5-2;;/h8H,4-7H2,1-3H3;1H3;/q;-1;/i4T;;. The van der Waals surface area contributed by atoms with Crippen LogP contribution in [0.2, 0.25) is 0 Å². The first-order valence-electron chi connectivity index (χ1n) is 4.16. The third-order valence-electron chi connectivity index (χ3n) is 1.42. The van der Waals surface area contributed by atoms with Gasteiger partial charge in [-0.25, -0.2) is 0 Å². The minimum atomic E-state index is 0. The molecule has 0 aliphatic carbocycles. The maximum absolute atomic E-state index is 7.29. The zero-order valence-corrected chi connectivity index (χ0v) is 10.7. The van der Waals surface area contributed by atoms with Crippen LogP contribution < -0.4 is 0 Å². The van der Waals surface area contributed by atoms with Crippen LogP contribution >= 0.6 is 0 Å². The van der Waals surface area contributed by atoms with E-state index < -0.39 is 0 Å². The molecule has 0 aromatic heterocycles. The Morgan fingerprint density at radius 1 is 1.30 bits per heavy atom. The average molecular weight is 220 g/mol. The van der Waals surface area contributed by atoms with E-state index in [9.17, 15) is 0 Å². The molecule has 0 rings (SSSR count). The normalized spacial score (nSPS) is 15.7. The molecule has 0 aliphatic rings. The van der Waals surface area contributed by atoms with Crippen molar-refractivity contribution in [2.75, 3.05) is 0 Å². The molecule has 2 unspecified atom stereocenters.